The fraction of sp³-hybridized carbons (Fsp3) is 0.208. The molecule has 17 heteroatoms. The third kappa shape index (κ3) is 4.82. The Morgan fingerprint density at radius 2 is 0.610 bits per heavy atom. The van der Waals surface area contributed by atoms with Gasteiger partial charge in [-0.15, -0.1) is 22.7 Å². The van der Waals surface area contributed by atoms with Crippen LogP contribution in [0.3, 0.4) is 0 Å². The van der Waals surface area contributed by atoms with Crippen molar-refractivity contribution in [3.05, 3.63) is 87.3 Å². The first kappa shape index (κ1) is 31.9. The molecule has 0 unspecified atom stereocenters. The standard InChI is InChI=1S/C24H12BF15N/c1-24(2,3)41-5-4-25(6-9(26)15(32)21(38)16(33)10(6)27,7-11(28)17(34)22(39)18(35)12(7)29)8-13(30)19(36)23(40)20(37)14(8)31/h5H,4H2,1-3H3/q-1. The number of aliphatic imine (C=N–C) groups is 1. The number of hydrogen-bond donors (Lipinski definition) is 0. The monoisotopic (exact) mass is 610 g/mol. The normalized spacial score (nSPS) is 12.6. The zero-order chi connectivity index (χ0) is 31.5. The van der Waals surface area contributed by atoms with E-state index in [-0.39, 0.29) is 6.21 Å². The van der Waals surface area contributed by atoms with Crippen molar-refractivity contribution >= 4 is 28.7 Å². The molecule has 3 rings (SSSR count). The third-order valence-electron chi connectivity index (χ3n) is 6.15. The molecule has 1 nitrogen and oxygen atoms in total. The molecule has 0 spiro atoms. The largest absolute Gasteiger partial charge is 0.295 e. The minimum absolute atomic E-state index is 0.272. The lowest BCUT2D eigenvalue weighted by molar-refractivity contribution is 0.379. The first-order valence-corrected chi connectivity index (χ1v) is 11.0. The Hall–Kier alpha value is -3.66. The molecular weight excluding hydrogens is 598 g/mol. The minimum Gasteiger partial charge on any atom is -0.295 e. The molecule has 41 heavy (non-hydrogen) atoms. The van der Waals surface area contributed by atoms with Gasteiger partial charge in [-0.1, -0.05) is 0 Å². The Bertz CT molecular complexity index is 1360. The first-order chi connectivity index (χ1) is 18.7. The van der Waals surface area contributed by atoms with Gasteiger partial charge in [-0.05, 0) is 27.0 Å². The van der Waals surface area contributed by atoms with Crippen molar-refractivity contribution in [2.24, 2.45) is 4.99 Å². The fourth-order valence-corrected chi connectivity index (χ4v) is 4.43. The molecule has 0 amide bonds. The van der Waals surface area contributed by atoms with Gasteiger partial charge in [-0.2, -0.15) is 0 Å². The van der Waals surface area contributed by atoms with Gasteiger partial charge < -0.3 is 0 Å². The summed E-state index contributed by atoms with van der Waals surface area (Å²) < 4.78 is 219. The van der Waals surface area contributed by atoms with E-state index < -0.39 is 122 Å². The average Bonchev–Trinajstić information content (AvgIpc) is 2.90. The van der Waals surface area contributed by atoms with E-state index in [1.54, 1.807) is 0 Å². The second-order valence-electron chi connectivity index (χ2n) is 9.71. The van der Waals surface area contributed by atoms with Crippen LogP contribution >= 0.6 is 0 Å². The summed E-state index contributed by atoms with van der Waals surface area (Å²) in [6.07, 6.45) is -7.27. The van der Waals surface area contributed by atoms with Crippen molar-refractivity contribution in [1.82, 2.24) is 0 Å². The van der Waals surface area contributed by atoms with Crippen LogP contribution in [0.1, 0.15) is 20.8 Å². The van der Waals surface area contributed by atoms with E-state index >= 15 is 26.3 Å². The van der Waals surface area contributed by atoms with Crippen LogP contribution in [0.5, 0.6) is 0 Å². The highest BCUT2D eigenvalue weighted by Crippen LogP contribution is 2.29. The maximum absolute atomic E-state index is 15.3. The van der Waals surface area contributed by atoms with Gasteiger partial charge in [0.05, 0.1) is 5.54 Å². The van der Waals surface area contributed by atoms with Gasteiger partial charge in [0.2, 0.25) is 0 Å². The number of hydrogen-bond acceptors (Lipinski definition) is 1. The molecule has 0 radical (unpaired) electrons. The summed E-state index contributed by atoms with van der Waals surface area (Å²) in [4.78, 5) is 3.65. The van der Waals surface area contributed by atoms with Crippen LogP contribution in [0.2, 0.25) is 6.32 Å². The molecule has 3 aromatic rings. The number of rotatable bonds is 5. The Balaban J connectivity index is 2.88. The highest BCUT2D eigenvalue weighted by molar-refractivity contribution is 7.12. The predicted octanol–water partition coefficient (Wildman–Crippen LogP) is 6.11. The highest BCUT2D eigenvalue weighted by Gasteiger charge is 2.47. The van der Waals surface area contributed by atoms with Gasteiger partial charge in [0, 0.05) is 0 Å². The van der Waals surface area contributed by atoms with E-state index in [0.717, 1.165) is 0 Å². The van der Waals surface area contributed by atoms with E-state index in [1.807, 2.05) is 0 Å². The summed E-state index contributed by atoms with van der Waals surface area (Å²) in [6, 6.07) is 0. The van der Waals surface area contributed by atoms with Crippen LogP contribution in [0.4, 0.5) is 65.9 Å². The van der Waals surface area contributed by atoms with Crippen molar-refractivity contribution in [2.45, 2.75) is 32.6 Å². The second kappa shape index (κ2) is 10.6. The molecule has 0 saturated carbocycles. The maximum Gasteiger partial charge on any atom is 0.200 e. The van der Waals surface area contributed by atoms with E-state index in [1.165, 1.54) is 20.8 Å². The van der Waals surface area contributed by atoms with Crippen molar-refractivity contribution in [2.75, 3.05) is 0 Å². The lowest BCUT2D eigenvalue weighted by Crippen LogP contribution is -2.73. The van der Waals surface area contributed by atoms with Crippen LogP contribution in [-0.4, -0.2) is 17.9 Å². The second-order valence-corrected chi connectivity index (χ2v) is 9.71. The molecule has 3 aromatic carbocycles. The smallest absolute Gasteiger partial charge is 0.200 e. The number of halogens is 15. The summed E-state index contributed by atoms with van der Waals surface area (Å²) in [5.41, 5.74) is -9.29. The maximum atomic E-state index is 15.3. The Morgan fingerprint density at radius 1 is 0.415 bits per heavy atom. The van der Waals surface area contributed by atoms with E-state index in [0.29, 0.717) is 0 Å². The fourth-order valence-electron chi connectivity index (χ4n) is 4.43. The van der Waals surface area contributed by atoms with Crippen molar-refractivity contribution in [1.29, 1.82) is 0 Å². The Labute approximate surface area is 220 Å². The summed E-state index contributed by atoms with van der Waals surface area (Å²) in [6.45, 7) is 3.77. The van der Waals surface area contributed by atoms with Crippen LogP contribution in [-0.2, 0) is 0 Å². The van der Waals surface area contributed by atoms with Gasteiger partial charge in [-0.3, -0.25) is 4.99 Å². The lowest BCUT2D eigenvalue weighted by atomic mass is 9.13. The number of benzene rings is 3. The topological polar surface area (TPSA) is 12.4 Å². The van der Waals surface area contributed by atoms with Gasteiger partial charge in [0.15, 0.2) is 52.4 Å². The summed E-state index contributed by atoms with van der Waals surface area (Å²) in [5.74, 6) is -45.4. The molecule has 0 aliphatic carbocycles. The van der Waals surface area contributed by atoms with Crippen LogP contribution in [0.25, 0.3) is 0 Å². The minimum atomic E-state index is -5.62. The van der Waals surface area contributed by atoms with Crippen molar-refractivity contribution in [3.8, 4) is 0 Å². The number of nitrogens with zero attached hydrogens (tertiary/aromatic N) is 1. The van der Waals surface area contributed by atoms with Gasteiger partial charge in [-0.25, -0.2) is 65.9 Å². The molecule has 0 saturated heterocycles. The Morgan fingerprint density at radius 3 is 0.805 bits per heavy atom. The van der Waals surface area contributed by atoms with E-state index in [9.17, 15) is 39.5 Å². The Kier molecular flexibility index (Phi) is 8.26. The highest BCUT2D eigenvalue weighted by atomic mass is 19.2. The summed E-state index contributed by atoms with van der Waals surface area (Å²) in [7, 11) is 0. The van der Waals surface area contributed by atoms with Crippen LogP contribution < -0.4 is 16.4 Å². The quantitative estimate of drug-likeness (QED) is 0.109. The lowest BCUT2D eigenvalue weighted by Gasteiger charge is -2.43. The SMILES string of the molecule is CC(C)(C)N=CC[B-](c1c(F)c(F)c(F)c(F)c1F)(c1c(F)c(F)c(F)c(F)c1F)c1c(F)c(F)c(F)c(F)c1F. The zero-order valence-electron chi connectivity index (χ0n) is 20.5. The van der Waals surface area contributed by atoms with Gasteiger partial charge in [0.25, 0.3) is 0 Å². The molecule has 0 aliphatic rings. The van der Waals surface area contributed by atoms with Crippen molar-refractivity contribution in [3.63, 3.8) is 0 Å². The van der Waals surface area contributed by atoms with Gasteiger partial charge in [0.1, 0.15) is 41.0 Å². The van der Waals surface area contributed by atoms with Crippen LogP contribution in [0.15, 0.2) is 4.99 Å². The van der Waals surface area contributed by atoms with E-state index in [4.69, 9.17) is 0 Å². The molecular formula is C24H12BF15N-. The molecule has 0 N–H and O–H groups in total. The van der Waals surface area contributed by atoms with Gasteiger partial charge >= 0.3 is 0 Å². The predicted molar refractivity (Wildman–Crippen MR) is 116 cm³/mol. The zero-order valence-corrected chi connectivity index (χ0v) is 20.5. The molecule has 0 aliphatic heterocycles. The first-order valence-electron chi connectivity index (χ1n) is 11.0. The molecule has 0 atom stereocenters. The average molecular weight is 610 g/mol. The molecule has 0 heterocycles. The molecule has 0 bridgehead atoms. The molecule has 222 valence electrons. The third-order valence-corrected chi connectivity index (χ3v) is 6.15. The van der Waals surface area contributed by atoms with Crippen molar-refractivity contribution < 1.29 is 65.9 Å². The summed E-state index contributed by atoms with van der Waals surface area (Å²) in [5, 5.41) is 0. The molecule has 0 aromatic heterocycles. The molecule has 0 fully saturated rings. The van der Waals surface area contributed by atoms with E-state index in [2.05, 4.69) is 4.99 Å². The van der Waals surface area contributed by atoms with Crippen LogP contribution in [0, 0.1) is 87.3 Å². The summed E-state index contributed by atoms with van der Waals surface area (Å²) >= 11 is 0.